The third-order valence-corrected chi connectivity index (χ3v) is 5.81. The average Bonchev–Trinajstić information content (AvgIpc) is 3.28. The Morgan fingerprint density at radius 3 is 2.14 bits per heavy atom. The van der Waals surface area contributed by atoms with Crippen molar-refractivity contribution in [2.24, 2.45) is 0 Å². The molecule has 10 heteroatoms. The molecule has 0 aliphatic rings. The Hall–Kier alpha value is -1.50. The summed E-state index contributed by atoms with van der Waals surface area (Å²) in [7, 11) is 0. The van der Waals surface area contributed by atoms with Crippen LogP contribution >= 0.6 is 70.4 Å². The number of pyridine rings is 3. The number of hydrogen-bond acceptors (Lipinski definition) is 4. The Bertz CT molecular complexity index is 1220. The number of rotatable bonds is 0. The van der Waals surface area contributed by atoms with Gasteiger partial charge in [0, 0.05) is 44.4 Å². The molecule has 148 valence electrons. The Kier molecular flexibility index (Phi) is 8.04. The van der Waals surface area contributed by atoms with Gasteiger partial charge >= 0.3 is 0 Å². The van der Waals surface area contributed by atoms with E-state index in [1.165, 1.54) is 0 Å². The van der Waals surface area contributed by atoms with E-state index >= 15 is 0 Å². The summed E-state index contributed by atoms with van der Waals surface area (Å²) < 4.78 is 8.21. The van der Waals surface area contributed by atoms with Crippen LogP contribution in [0.15, 0.2) is 87.0 Å². The minimum absolute atomic E-state index is 0.541. The summed E-state index contributed by atoms with van der Waals surface area (Å²) >= 11 is 12.2. The molecular formula is C19H14Br3IN6. The molecule has 5 aromatic heterocycles. The Labute approximate surface area is 206 Å². The van der Waals surface area contributed by atoms with Crippen LogP contribution in [0, 0.1) is 3.70 Å². The van der Waals surface area contributed by atoms with E-state index in [1.54, 1.807) is 18.5 Å². The predicted octanol–water partition coefficient (Wildman–Crippen LogP) is 6.22. The van der Waals surface area contributed by atoms with Crippen molar-refractivity contribution in [3.8, 4) is 0 Å². The van der Waals surface area contributed by atoms with E-state index in [0.29, 0.717) is 5.82 Å². The number of imidazole rings is 2. The van der Waals surface area contributed by atoms with Gasteiger partial charge in [-0.25, -0.2) is 15.0 Å². The predicted molar refractivity (Wildman–Crippen MR) is 135 cm³/mol. The van der Waals surface area contributed by atoms with Gasteiger partial charge in [-0.05, 0) is 59.0 Å². The summed E-state index contributed by atoms with van der Waals surface area (Å²) in [6, 6.07) is 11.5. The summed E-state index contributed by atoms with van der Waals surface area (Å²) in [6.07, 6.45) is 11.2. The number of fused-ring (bicyclic) bond motifs is 2. The first-order valence-electron chi connectivity index (χ1n) is 8.16. The van der Waals surface area contributed by atoms with Crippen molar-refractivity contribution >= 4 is 87.5 Å². The summed E-state index contributed by atoms with van der Waals surface area (Å²) in [6.45, 7) is 0. The lowest BCUT2D eigenvalue weighted by Gasteiger charge is -1.93. The van der Waals surface area contributed by atoms with Crippen LogP contribution in [0.3, 0.4) is 0 Å². The molecule has 5 aromatic rings. The lowest BCUT2D eigenvalue weighted by Crippen LogP contribution is -1.86. The van der Waals surface area contributed by atoms with Crippen molar-refractivity contribution in [2.75, 3.05) is 5.73 Å². The molecule has 0 saturated heterocycles. The van der Waals surface area contributed by atoms with Crippen LogP contribution in [0.25, 0.3) is 11.3 Å². The molecule has 0 aliphatic heterocycles. The zero-order valence-corrected chi connectivity index (χ0v) is 21.7. The molecule has 0 amide bonds. The maximum absolute atomic E-state index is 5.32. The fourth-order valence-electron chi connectivity index (χ4n) is 2.23. The average molecular weight is 693 g/mol. The van der Waals surface area contributed by atoms with Gasteiger partial charge in [0.15, 0.2) is 0 Å². The highest BCUT2D eigenvalue weighted by Gasteiger charge is 1.98. The minimum atomic E-state index is 0.541. The van der Waals surface area contributed by atoms with Crippen LogP contribution in [0.4, 0.5) is 5.82 Å². The lowest BCUT2D eigenvalue weighted by atomic mass is 10.5. The van der Waals surface area contributed by atoms with Gasteiger partial charge in [-0.1, -0.05) is 47.8 Å². The molecule has 0 saturated carbocycles. The van der Waals surface area contributed by atoms with Gasteiger partial charge in [0.2, 0.25) is 0 Å². The maximum atomic E-state index is 5.32. The highest BCUT2D eigenvalue weighted by molar-refractivity contribution is 14.1. The number of hydrogen-bond donors (Lipinski definition) is 1. The number of nitrogen functional groups attached to an aromatic ring is 1. The fourth-order valence-corrected chi connectivity index (χ4v) is 3.78. The first-order valence-corrected chi connectivity index (χ1v) is 11.6. The van der Waals surface area contributed by atoms with E-state index in [4.69, 9.17) is 5.73 Å². The smallest absolute Gasteiger partial charge is 0.138 e. The molecule has 0 aliphatic carbocycles. The quantitative estimate of drug-likeness (QED) is 0.196. The number of nitrogens with zero attached hydrogens (tertiary/aromatic N) is 5. The van der Waals surface area contributed by atoms with Crippen molar-refractivity contribution in [1.29, 1.82) is 0 Å². The van der Waals surface area contributed by atoms with E-state index in [-0.39, 0.29) is 0 Å². The molecule has 5 heterocycles. The number of nitrogens with two attached hydrogens (primary N) is 1. The Morgan fingerprint density at radius 1 is 0.759 bits per heavy atom. The number of aromatic nitrogens is 5. The van der Waals surface area contributed by atoms with Crippen LogP contribution in [-0.4, -0.2) is 23.8 Å². The highest BCUT2D eigenvalue weighted by Crippen LogP contribution is 2.14. The molecule has 0 spiro atoms. The maximum Gasteiger partial charge on any atom is 0.138 e. The van der Waals surface area contributed by atoms with Crippen LogP contribution in [-0.2, 0) is 0 Å². The molecule has 0 radical (unpaired) electrons. The standard InChI is InChI=1S/C7H4BrIN2.C7H5BrN2.C5H5BrN2/c8-5-1-2-11-6(9)4-10-7(11)3-5;8-6-1-3-10-4-2-9-7(10)5-6;6-4-1-2-8-5(7)3-4/h1-4H;1-5H;1-3H,(H2,7,8). The second kappa shape index (κ2) is 10.5. The molecule has 2 N–H and O–H groups in total. The van der Waals surface area contributed by atoms with Crippen LogP contribution < -0.4 is 5.73 Å². The van der Waals surface area contributed by atoms with Crippen LogP contribution in [0.1, 0.15) is 0 Å². The zero-order valence-electron chi connectivity index (χ0n) is 14.8. The third-order valence-electron chi connectivity index (χ3n) is 3.53. The van der Waals surface area contributed by atoms with Crippen molar-refractivity contribution in [1.82, 2.24) is 23.8 Å². The largest absolute Gasteiger partial charge is 0.384 e. The van der Waals surface area contributed by atoms with Gasteiger partial charge in [-0.3, -0.25) is 4.40 Å². The van der Waals surface area contributed by atoms with Gasteiger partial charge in [0.25, 0.3) is 0 Å². The van der Waals surface area contributed by atoms with Crippen LogP contribution in [0.5, 0.6) is 0 Å². The molecule has 0 bridgehead atoms. The Morgan fingerprint density at radius 2 is 1.45 bits per heavy atom. The summed E-state index contributed by atoms with van der Waals surface area (Å²) in [5.74, 6) is 0.541. The second-order valence-corrected chi connectivity index (χ2v) is 9.44. The topological polar surface area (TPSA) is 73.5 Å². The zero-order chi connectivity index (χ0) is 20.8. The Balaban J connectivity index is 0.000000126. The van der Waals surface area contributed by atoms with Gasteiger partial charge in [-0.15, -0.1) is 0 Å². The van der Waals surface area contributed by atoms with E-state index in [9.17, 15) is 0 Å². The van der Waals surface area contributed by atoms with Crippen molar-refractivity contribution < 1.29 is 0 Å². The monoisotopic (exact) mass is 690 g/mol. The van der Waals surface area contributed by atoms with Gasteiger partial charge < -0.3 is 10.1 Å². The summed E-state index contributed by atoms with van der Waals surface area (Å²) in [4.78, 5) is 12.1. The SMILES string of the molecule is Brc1ccn2c(I)cnc2c1.Brc1ccn2ccnc2c1.Nc1cc(Br)ccn1. The van der Waals surface area contributed by atoms with Gasteiger partial charge in [-0.2, -0.15) is 0 Å². The molecule has 0 fully saturated rings. The molecule has 29 heavy (non-hydrogen) atoms. The molecule has 0 aromatic carbocycles. The highest BCUT2D eigenvalue weighted by atomic mass is 127. The van der Waals surface area contributed by atoms with Crippen molar-refractivity contribution in [3.05, 3.63) is 90.7 Å². The molecule has 6 nitrogen and oxygen atoms in total. The van der Waals surface area contributed by atoms with E-state index in [1.807, 2.05) is 63.9 Å². The van der Waals surface area contributed by atoms with Gasteiger partial charge in [0.05, 0.1) is 6.20 Å². The van der Waals surface area contributed by atoms with Crippen LogP contribution in [0.2, 0.25) is 0 Å². The number of halogens is 4. The fraction of sp³-hybridized carbons (Fsp3) is 0. The molecular weight excluding hydrogens is 679 g/mol. The van der Waals surface area contributed by atoms with E-state index in [2.05, 4.69) is 85.3 Å². The van der Waals surface area contributed by atoms with Crippen molar-refractivity contribution in [2.45, 2.75) is 0 Å². The summed E-state index contributed by atoms with van der Waals surface area (Å²) in [5.41, 5.74) is 7.26. The van der Waals surface area contributed by atoms with E-state index in [0.717, 1.165) is 28.4 Å². The van der Waals surface area contributed by atoms with E-state index < -0.39 is 0 Å². The lowest BCUT2D eigenvalue weighted by molar-refractivity contribution is 1.15. The van der Waals surface area contributed by atoms with Crippen molar-refractivity contribution in [3.63, 3.8) is 0 Å². The summed E-state index contributed by atoms with van der Waals surface area (Å²) in [5, 5.41) is 0. The first kappa shape index (κ1) is 22.2. The van der Waals surface area contributed by atoms with Gasteiger partial charge in [0.1, 0.15) is 20.8 Å². The normalized spacial score (nSPS) is 10.2. The molecule has 0 atom stereocenters. The number of anilines is 1. The molecule has 5 rings (SSSR count). The third kappa shape index (κ3) is 6.49. The molecule has 0 unspecified atom stereocenters. The first-order chi connectivity index (χ1) is 13.9. The second-order valence-electron chi connectivity index (χ2n) is 5.59. The minimum Gasteiger partial charge on any atom is -0.384 e.